The van der Waals surface area contributed by atoms with Gasteiger partial charge in [-0.25, -0.2) is 0 Å². The number of carbonyl (C=O) groups is 1. The maximum absolute atomic E-state index is 12.1. The molecule has 0 spiro atoms. The zero-order chi connectivity index (χ0) is 15.1. The topological polar surface area (TPSA) is 65.6 Å². The molecule has 5 nitrogen and oxygen atoms in total. The number of methoxy groups -OCH3 is 1. The van der Waals surface area contributed by atoms with E-state index in [-0.39, 0.29) is 18.1 Å². The van der Waals surface area contributed by atoms with Crippen molar-refractivity contribution in [3.8, 4) is 0 Å². The number of aliphatic hydroxyl groups excluding tert-OH is 1. The first kappa shape index (κ1) is 14.1. The fourth-order valence-corrected chi connectivity index (χ4v) is 3.40. The van der Waals surface area contributed by atoms with Crippen molar-refractivity contribution in [3.63, 3.8) is 0 Å². The lowest BCUT2D eigenvalue weighted by Crippen LogP contribution is -2.49. The summed E-state index contributed by atoms with van der Waals surface area (Å²) in [4.78, 5) is 17.4. The standard InChI is InChI=1S/C16H20N2O3/c1-9(19)15-14-11(8-13(18(15)2)16(20)21-3)10-6-4-5-7-12(10)17-14/h4-7,9,13,15,17,19H,8H2,1-3H3/t9-,13-,15+/m0/s1. The second-order valence-electron chi connectivity index (χ2n) is 5.66. The molecule has 0 unspecified atom stereocenters. The van der Waals surface area contributed by atoms with Crippen LogP contribution in [0.3, 0.4) is 0 Å². The predicted octanol–water partition coefficient (Wildman–Crippen LogP) is 1.62. The van der Waals surface area contributed by atoms with Crippen molar-refractivity contribution < 1.29 is 14.6 Å². The van der Waals surface area contributed by atoms with Crippen molar-refractivity contribution in [2.75, 3.05) is 14.2 Å². The number of carbonyl (C=O) groups excluding carboxylic acids is 1. The first-order valence-corrected chi connectivity index (χ1v) is 7.12. The van der Waals surface area contributed by atoms with Gasteiger partial charge in [0.2, 0.25) is 0 Å². The lowest BCUT2D eigenvalue weighted by molar-refractivity contribution is -0.148. The Labute approximate surface area is 123 Å². The fourth-order valence-electron chi connectivity index (χ4n) is 3.40. The number of rotatable bonds is 2. The van der Waals surface area contributed by atoms with Crippen LogP contribution >= 0.6 is 0 Å². The zero-order valence-corrected chi connectivity index (χ0v) is 12.5. The average molecular weight is 288 g/mol. The molecular weight excluding hydrogens is 268 g/mol. The van der Waals surface area contributed by atoms with Crippen LogP contribution < -0.4 is 0 Å². The number of fused-ring (bicyclic) bond motifs is 3. The Kier molecular flexibility index (Phi) is 3.47. The Bertz CT molecular complexity index is 677. The first-order chi connectivity index (χ1) is 10.0. The molecule has 1 aliphatic heterocycles. The molecule has 0 saturated heterocycles. The predicted molar refractivity (Wildman–Crippen MR) is 80.0 cm³/mol. The zero-order valence-electron chi connectivity index (χ0n) is 12.5. The molecule has 3 rings (SSSR count). The smallest absolute Gasteiger partial charge is 0.323 e. The van der Waals surface area contributed by atoms with Gasteiger partial charge in [-0.3, -0.25) is 9.69 Å². The monoisotopic (exact) mass is 288 g/mol. The normalized spacial score (nSPS) is 23.8. The van der Waals surface area contributed by atoms with Gasteiger partial charge in [0.15, 0.2) is 0 Å². The van der Waals surface area contributed by atoms with E-state index in [0.717, 1.165) is 22.2 Å². The van der Waals surface area contributed by atoms with E-state index >= 15 is 0 Å². The third kappa shape index (κ3) is 2.13. The molecule has 0 saturated carbocycles. The molecular formula is C16H20N2O3. The Morgan fingerprint density at radius 1 is 1.48 bits per heavy atom. The number of hydrogen-bond donors (Lipinski definition) is 2. The summed E-state index contributed by atoms with van der Waals surface area (Å²) in [5.41, 5.74) is 3.13. The van der Waals surface area contributed by atoms with E-state index in [1.807, 2.05) is 36.2 Å². The summed E-state index contributed by atoms with van der Waals surface area (Å²) in [6.07, 6.45) is 0.000387. The van der Waals surface area contributed by atoms with E-state index in [1.54, 1.807) is 6.92 Å². The summed E-state index contributed by atoms with van der Waals surface area (Å²) in [6.45, 7) is 1.75. The van der Waals surface area contributed by atoms with E-state index in [2.05, 4.69) is 4.98 Å². The van der Waals surface area contributed by atoms with Crippen LogP contribution in [0.2, 0.25) is 0 Å². The average Bonchev–Trinajstić information content (AvgIpc) is 2.83. The molecule has 2 N–H and O–H groups in total. The second kappa shape index (κ2) is 5.16. The number of hydrogen-bond acceptors (Lipinski definition) is 4. The van der Waals surface area contributed by atoms with Gasteiger partial charge < -0.3 is 14.8 Å². The summed E-state index contributed by atoms with van der Waals surface area (Å²) in [6, 6.07) is 7.40. The second-order valence-corrected chi connectivity index (χ2v) is 5.66. The van der Waals surface area contributed by atoms with Crippen molar-refractivity contribution in [1.82, 2.24) is 9.88 Å². The molecule has 0 bridgehead atoms. The van der Waals surface area contributed by atoms with Crippen molar-refractivity contribution in [1.29, 1.82) is 0 Å². The number of H-pyrrole nitrogens is 1. The van der Waals surface area contributed by atoms with Gasteiger partial charge in [0.05, 0.1) is 19.3 Å². The number of nitrogens with zero attached hydrogens (tertiary/aromatic N) is 1. The van der Waals surface area contributed by atoms with Crippen molar-refractivity contribution >= 4 is 16.9 Å². The fraction of sp³-hybridized carbons (Fsp3) is 0.438. The van der Waals surface area contributed by atoms with Gasteiger partial charge in [0.1, 0.15) is 6.04 Å². The van der Waals surface area contributed by atoms with Crippen molar-refractivity contribution in [3.05, 3.63) is 35.5 Å². The molecule has 2 aromatic rings. The number of benzene rings is 1. The number of esters is 1. The van der Waals surface area contributed by atoms with Crippen LogP contribution in [-0.2, 0) is 16.0 Å². The van der Waals surface area contributed by atoms with Gasteiger partial charge in [-0.2, -0.15) is 0 Å². The molecule has 3 atom stereocenters. The summed E-state index contributed by atoms with van der Waals surface area (Å²) in [7, 11) is 3.26. The van der Waals surface area contributed by atoms with Gasteiger partial charge in [-0.05, 0) is 25.6 Å². The van der Waals surface area contributed by atoms with Gasteiger partial charge in [0, 0.05) is 23.0 Å². The molecule has 1 aromatic carbocycles. The maximum Gasteiger partial charge on any atom is 0.323 e. The quantitative estimate of drug-likeness (QED) is 0.824. The molecule has 21 heavy (non-hydrogen) atoms. The van der Waals surface area contributed by atoms with Gasteiger partial charge in [-0.1, -0.05) is 18.2 Å². The number of aromatic amines is 1. The van der Waals surface area contributed by atoms with Crippen LogP contribution in [0.25, 0.3) is 10.9 Å². The van der Waals surface area contributed by atoms with Crippen LogP contribution in [0.4, 0.5) is 0 Å². The summed E-state index contributed by atoms with van der Waals surface area (Å²) >= 11 is 0. The molecule has 5 heteroatoms. The minimum absolute atomic E-state index is 0.245. The highest BCUT2D eigenvalue weighted by atomic mass is 16.5. The number of nitrogens with one attached hydrogen (secondary N) is 1. The minimum Gasteiger partial charge on any atom is -0.468 e. The molecule has 0 aliphatic carbocycles. The summed E-state index contributed by atoms with van der Waals surface area (Å²) in [5, 5.41) is 11.3. The van der Waals surface area contributed by atoms with Crippen molar-refractivity contribution in [2.45, 2.75) is 31.5 Å². The van der Waals surface area contributed by atoms with Crippen LogP contribution in [0.5, 0.6) is 0 Å². The highest BCUT2D eigenvalue weighted by Crippen LogP contribution is 2.38. The molecule has 0 fully saturated rings. The highest BCUT2D eigenvalue weighted by molar-refractivity contribution is 5.87. The molecule has 1 aromatic heterocycles. The highest BCUT2D eigenvalue weighted by Gasteiger charge is 2.40. The van der Waals surface area contributed by atoms with Crippen LogP contribution in [0, 0.1) is 0 Å². The van der Waals surface area contributed by atoms with E-state index in [4.69, 9.17) is 4.74 Å². The minimum atomic E-state index is -0.589. The Hall–Kier alpha value is -1.85. The summed E-state index contributed by atoms with van der Waals surface area (Å²) < 4.78 is 4.92. The third-order valence-corrected chi connectivity index (χ3v) is 4.40. The Balaban J connectivity index is 2.17. The molecule has 0 amide bonds. The van der Waals surface area contributed by atoms with Gasteiger partial charge in [0.25, 0.3) is 0 Å². The van der Waals surface area contributed by atoms with E-state index in [9.17, 15) is 9.90 Å². The Morgan fingerprint density at radius 2 is 2.19 bits per heavy atom. The lowest BCUT2D eigenvalue weighted by Gasteiger charge is -2.39. The van der Waals surface area contributed by atoms with Gasteiger partial charge in [-0.15, -0.1) is 0 Å². The number of para-hydroxylation sites is 1. The molecule has 0 radical (unpaired) electrons. The largest absolute Gasteiger partial charge is 0.468 e. The van der Waals surface area contributed by atoms with E-state index in [0.29, 0.717) is 6.42 Å². The SMILES string of the molecule is COC(=O)[C@@H]1Cc2c([nH]c3ccccc23)[C@@H]([C@H](C)O)N1C. The van der Waals surface area contributed by atoms with Crippen LogP contribution in [0.1, 0.15) is 24.2 Å². The maximum atomic E-state index is 12.1. The number of aromatic nitrogens is 1. The third-order valence-electron chi connectivity index (χ3n) is 4.40. The number of ether oxygens (including phenoxy) is 1. The number of aliphatic hydroxyl groups is 1. The van der Waals surface area contributed by atoms with E-state index in [1.165, 1.54) is 7.11 Å². The van der Waals surface area contributed by atoms with Gasteiger partial charge >= 0.3 is 5.97 Å². The molecule has 2 heterocycles. The van der Waals surface area contributed by atoms with E-state index < -0.39 is 6.10 Å². The van der Waals surface area contributed by atoms with Crippen LogP contribution in [0.15, 0.2) is 24.3 Å². The molecule has 1 aliphatic rings. The Morgan fingerprint density at radius 3 is 2.86 bits per heavy atom. The lowest BCUT2D eigenvalue weighted by atomic mass is 9.90. The molecule has 112 valence electrons. The first-order valence-electron chi connectivity index (χ1n) is 7.12. The van der Waals surface area contributed by atoms with Crippen molar-refractivity contribution in [2.24, 2.45) is 0 Å². The number of likely N-dealkylation sites (N-methyl/N-ethyl adjacent to an activating group) is 1. The summed E-state index contributed by atoms with van der Waals surface area (Å²) in [5.74, 6) is -0.265. The van der Waals surface area contributed by atoms with Crippen LogP contribution in [-0.4, -0.2) is 47.3 Å².